The van der Waals surface area contributed by atoms with Crippen LogP contribution in [-0.2, 0) is 0 Å². The molecule has 0 spiro atoms. The molecule has 0 aliphatic heterocycles. The number of hydrogen-bond acceptors (Lipinski definition) is 6. The highest BCUT2D eigenvalue weighted by molar-refractivity contribution is 7.79. The molecular weight excluding hydrogens is 385 g/mol. The van der Waals surface area contributed by atoms with Crippen LogP contribution in [0.15, 0.2) is 72.8 Å². The van der Waals surface area contributed by atoms with Crippen molar-refractivity contribution in [2.75, 3.05) is 0 Å². The highest BCUT2D eigenvalue weighted by Crippen LogP contribution is 2.34. The molecule has 0 unspecified atom stereocenters. The van der Waals surface area contributed by atoms with E-state index in [2.05, 4.69) is 0 Å². The molecule has 0 atom stereocenters. The lowest BCUT2D eigenvalue weighted by Gasteiger charge is -2.19. The average Bonchev–Trinajstić information content (AvgIpc) is 2.69. The molecule has 0 aliphatic rings. The molecule has 0 N–H and O–H groups in total. The van der Waals surface area contributed by atoms with Crippen molar-refractivity contribution in [1.29, 1.82) is 0 Å². The van der Waals surface area contributed by atoms with Gasteiger partial charge in [0, 0.05) is 36.4 Å². The minimum Gasteiger partial charge on any atom is -0.258 e. The fraction of sp³-hybridized carbons (Fsp3) is 0. The summed E-state index contributed by atoms with van der Waals surface area (Å²) < 4.78 is 0. The second-order valence-corrected chi connectivity index (χ2v) is 7.88. The van der Waals surface area contributed by atoms with E-state index in [4.69, 9.17) is 0 Å². The Hall–Kier alpha value is -3.71. The summed E-state index contributed by atoms with van der Waals surface area (Å²) in [5.74, 6) is 0. The highest BCUT2D eigenvalue weighted by atomic mass is 31.1. The molecule has 3 aromatic carbocycles. The van der Waals surface area contributed by atoms with Gasteiger partial charge in [0.05, 0.1) is 14.8 Å². The quantitative estimate of drug-likeness (QED) is 0.357. The smallest absolute Gasteiger partial charge is 0.258 e. The number of hydrogen-bond donors (Lipinski definition) is 0. The minimum absolute atomic E-state index is 0.0499. The molecule has 3 rings (SSSR count). The van der Waals surface area contributed by atoms with Crippen molar-refractivity contribution in [3.63, 3.8) is 0 Å². The van der Waals surface area contributed by atoms with Crippen molar-refractivity contribution >= 4 is 40.9 Å². The van der Waals surface area contributed by atoms with Gasteiger partial charge in [0.2, 0.25) is 0 Å². The van der Waals surface area contributed by atoms with Crippen LogP contribution in [0.25, 0.3) is 0 Å². The van der Waals surface area contributed by atoms with Crippen LogP contribution in [0.2, 0.25) is 0 Å². The Balaban J connectivity index is 2.08. The van der Waals surface area contributed by atoms with Gasteiger partial charge in [-0.2, -0.15) is 0 Å². The Morgan fingerprint density at radius 3 is 0.857 bits per heavy atom. The van der Waals surface area contributed by atoms with Crippen LogP contribution in [-0.4, -0.2) is 14.8 Å². The van der Waals surface area contributed by atoms with Gasteiger partial charge in [-0.1, -0.05) is 0 Å². The topological polar surface area (TPSA) is 129 Å². The minimum atomic E-state index is -1.21. The fourth-order valence-electron chi connectivity index (χ4n) is 2.62. The van der Waals surface area contributed by atoms with Crippen molar-refractivity contribution in [2.45, 2.75) is 0 Å². The fourth-order valence-corrected chi connectivity index (χ4v) is 4.85. The first-order valence-electron chi connectivity index (χ1n) is 7.90. The van der Waals surface area contributed by atoms with Crippen molar-refractivity contribution < 1.29 is 14.8 Å². The maximum Gasteiger partial charge on any atom is 0.269 e. The molecule has 140 valence electrons. The molecule has 0 fully saturated rings. The normalized spacial score (nSPS) is 10.6. The zero-order valence-corrected chi connectivity index (χ0v) is 15.1. The van der Waals surface area contributed by atoms with E-state index in [-0.39, 0.29) is 17.1 Å². The summed E-state index contributed by atoms with van der Waals surface area (Å²) in [6.07, 6.45) is 0. The number of nitro groups is 3. The molecular formula is C18H12N3O6P. The molecule has 3 aromatic rings. The Morgan fingerprint density at radius 1 is 0.464 bits per heavy atom. The number of nitro benzene ring substituents is 3. The molecule has 10 heteroatoms. The second-order valence-electron chi connectivity index (χ2n) is 5.66. The van der Waals surface area contributed by atoms with Crippen LogP contribution < -0.4 is 15.9 Å². The summed E-state index contributed by atoms with van der Waals surface area (Å²) in [6, 6.07) is 18.1. The summed E-state index contributed by atoms with van der Waals surface area (Å²) in [5, 5.41) is 35.1. The first-order valence-corrected chi connectivity index (χ1v) is 9.24. The third-order valence-corrected chi connectivity index (χ3v) is 6.40. The van der Waals surface area contributed by atoms with E-state index in [1.165, 1.54) is 36.4 Å². The van der Waals surface area contributed by atoms with Crippen LogP contribution in [0, 0.1) is 30.3 Å². The van der Waals surface area contributed by atoms with Gasteiger partial charge in [-0.15, -0.1) is 0 Å². The summed E-state index contributed by atoms with van der Waals surface area (Å²) in [7, 11) is -1.21. The summed E-state index contributed by atoms with van der Waals surface area (Å²) in [6.45, 7) is 0. The van der Waals surface area contributed by atoms with Crippen LogP contribution >= 0.6 is 7.92 Å². The zero-order valence-electron chi connectivity index (χ0n) is 14.2. The third-order valence-electron chi connectivity index (χ3n) is 3.96. The maximum atomic E-state index is 10.9. The average molecular weight is 397 g/mol. The van der Waals surface area contributed by atoms with Gasteiger partial charge in [-0.25, -0.2) is 0 Å². The number of non-ortho nitro benzene ring substituents is 3. The highest BCUT2D eigenvalue weighted by Gasteiger charge is 2.20. The predicted molar refractivity (Wildman–Crippen MR) is 105 cm³/mol. The molecule has 0 saturated heterocycles. The van der Waals surface area contributed by atoms with Crippen molar-refractivity contribution in [1.82, 2.24) is 0 Å². The largest absolute Gasteiger partial charge is 0.269 e. The molecule has 0 amide bonds. The van der Waals surface area contributed by atoms with Gasteiger partial charge in [-0.05, 0) is 60.2 Å². The van der Waals surface area contributed by atoms with Gasteiger partial charge in [0.1, 0.15) is 0 Å². The van der Waals surface area contributed by atoms with E-state index in [1.54, 1.807) is 36.4 Å². The monoisotopic (exact) mass is 397 g/mol. The van der Waals surface area contributed by atoms with Gasteiger partial charge in [0.15, 0.2) is 0 Å². The molecule has 0 heterocycles. The van der Waals surface area contributed by atoms with Crippen molar-refractivity contribution in [3.05, 3.63) is 103 Å². The molecule has 0 radical (unpaired) electrons. The van der Waals surface area contributed by atoms with Gasteiger partial charge >= 0.3 is 0 Å². The van der Waals surface area contributed by atoms with E-state index >= 15 is 0 Å². The third kappa shape index (κ3) is 3.99. The number of benzene rings is 3. The molecule has 0 aromatic heterocycles. The molecule has 28 heavy (non-hydrogen) atoms. The lowest BCUT2D eigenvalue weighted by molar-refractivity contribution is -0.385. The van der Waals surface area contributed by atoms with Crippen molar-refractivity contribution in [3.8, 4) is 0 Å². The number of nitrogens with zero attached hydrogens (tertiary/aromatic N) is 3. The Bertz CT molecular complexity index is 900. The van der Waals surface area contributed by atoms with Crippen LogP contribution in [0.1, 0.15) is 0 Å². The molecule has 0 aliphatic carbocycles. The Kier molecular flexibility index (Phi) is 5.37. The lowest BCUT2D eigenvalue weighted by atomic mass is 10.3. The van der Waals surface area contributed by atoms with E-state index in [0.717, 1.165) is 15.9 Å². The maximum absolute atomic E-state index is 10.9. The predicted octanol–water partition coefficient (Wildman–Crippen LogP) is 3.17. The summed E-state index contributed by atoms with van der Waals surface area (Å²) in [4.78, 5) is 31.2. The SMILES string of the molecule is O=[N+]([O-])c1ccc(P(c2ccc([N+](=O)[O-])cc2)c2ccc([N+](=O)[O-])cc2)cc1. The Morgan fingerprint density at radius 2 is 0.679 bits per heavy atom. The van der Waals surface area contributed by atoms with E-state index < -0.39 is 22.7 Å². The Labute approximate surface area is 159 Å². The molecule has 0 bridgehead atoms. The van der Waals surface area contributed by atoms with E-state index in [1.807, 2.05) is 0 Å². The standard InChI is InChI=1S/C18H12N3O6P/c22-19(23)13-1-7-16(8-2-13)28(17-9-3-14(4-10-17)20(24)25)18-11-5-15(6-12-18)21(26)27/h1-12H. The second kappa shape index (κ2) is 7.89. The molecule has 9 nitrogen and oxygen atoms in total. The van der Waals surface area contributed by atoms with Crippen LogP contribution in [0.4, 0.5) is 17.1 Å². The number of rotatable bonds is 6. The van der Waals surface area contributed by atoms with Gasteiger partial charge in [-0.3, -0.25) is 30.3 Å². The van der Waals surface area contributed by atoms with E-state index in [9.17, 15) is 30.3 Å². The first kappa shape index (κ1) is 19.1. The molecule has 0 saturated carbocycles. The zero-order chi connectivity index (χ0) is 20.3. The van der Waals surface area contributed by atoms with Gasteiger partial charge in [0.25, 0.3) is 17.1 Å². The van der Waals surface area contributed by atoms with Crippen molar-refractivity contribution in [2.24, 2.45) is 0 Å². The van der Waals surface area contributed by atoms with E-state index in [0.29, 0.717) is 0 Å². The van der Waals surface area contributed by atoms with Gasteiger partial charge < -0.3 is 0 Å². The summed E-state index contributed by atoms with van der Waals surface area (Å²) >= 11 is 0. The van der Waals surface area contributed by atoms with Crippen LogP contribution in [0.5, 0.6) is 0 Å². The summed E-state index contributed by atoms with van der Waals surface area (Å²) in [5.41, 5.74) is -0.150. The lowest BCUT2D eigenvalue weighted by Crippen LogP contribution is -2.20. The van der Waals surface area contributed by atoms with Crippen LogP contribution in [0.3, 0.4) is 0 Å². The first-order chi connectivity index (χ1) is 13.4.